The first-order valence-corrected chi connectivity index (χ1v) is 10.00. The van der Waals surface area contributed by atoms with Crippen LogP contribution in [0.1, 0.15) is 37.7 Å². The molecule has 1 atom stereocenters. The van der Waals surface area contributed by atoms with Gasteiger partial charge in [0, 0.05) is 43.9 Å². The molecule has 0 radical (unpaired) electrons. The Kier molecular flexibility index (Phi) is 4.21. The van der Waals surface area contributed by atoms with Crippen LogP contribution < -0.4 is 5.32 Å². The Balaban J connectivity index is 1.43. The van der Waals surface area contributed by atoms with Gasteiger partial charge in [0.2, 0.25) is 0 Å². The number of rotatable bonds is 6. The van der Waals surface area contributed by atoms with Crippen LogP contribution in [0, 0.1) is 5.41 Å². The van der Waals surface area contributed by atoms with E-state index < -0.39 is 0 Å². The highest BCUT2D eigenvalue weighted by atomic mass is 15.3. The summed E-state index contributed by atoms with van der Waals surface area (Å²) in [7, 11) is 0. The molecule has 2 aliphatic rings. The van der Waals surface area contributed by atoms with E-state index in [9.17, 15) is 0 Å². The molecule has 1 aliphatic carbocycles. The number of nitrogens with zero attached hydrogens (tertiary/aromatic N) is 6. The van der Waals surface area contributed by atoms with Crippen molar-refractivity contribution in [1.29, 1.82) is 0 Å². The first-order chi connectivity index (χ1) is 13.3. The maximum Gasteiger partial charge on any atom is 0.155 e. The molecule has 1 N–H and O–H groups in total. The lowest BCUT2D eigenvalue weighted by molar-refractivity contribution is 0.180. The van der Waals surface area contributed by atoms with Gasteiger partial charge in [-0.2, -0.15) is 0 Å². The number of imidazole rings is 2. The van der Waals surface area contributed by atoms with Crippen LogP contribution in [0.4, 0.5) is 0 Å². The van der Waals surface area contributed by atoms with Gasteiger partial charge < -0.3 is 9.88 Å². The van der Waals surface area contributed by atoms with Gasteiger partial charge in [0.25, 0.3) is 0 Å². The predicted molar refractivity (Wildman–Crippen MR) is 103 cm³/mol. The number of aromatic nitrogens is 5. The molecule has 2 fully saturated rings. The standard InChI is InChI=1S/C20H27N7/c1-2-25-9-8-23-19(25)15-26(17-11-20(17)3-5-21-6-4-20)14-16-12-24-18-13-22-7-10-27(16)18/h7-10,12-13,17,21H,2-6,11,14-15H2,1H3/t17-/m1/s1. The summed E-state index contributed by atoms with van der Waals surface area (Å²) in [5.41, 5.74) is 2.63. The van der Waals surface area contributed by atoms with Crippen molar-refractivity contribution < 1.29 is 0 Å². The van der Waals surface area contributed by atoms with Gasteiger partial charge in [-0.25, -0.2) is 9.97 Å². The molecule has 4 heterocycles. The molecule has 5 rings (SSSR count). The van der Waals surface area contributed by atoms with E-state index in [1.165, 1.54) is 25.0 Å². The van der Waals surface area contributed by atoms with E-state index in [2.05, 4.69) is 47.3 Å². The second-order valence-electron chi connectivity index (χ2n) is 7.92. The van der Waals surface area contributed by atoms with Crippen molar-refractivity contribution in [3.63, 3.8) is 0 Å². The summed E-state index contributed by atoms with van der Waals surface area (Å²) in [6, 6.07) is 0.633. The second-order valence-corrected chi connectivity index (χ2v) is 7.92. The molecule has 1 spiro atoms. The smallest absolute Gasteiger partial charge is 0.155 e. The van der Waals surface area contributed by atoms with Gasteiger partial charge >= 0.3 is 0 Å². The molecule has 1 aliphatic heterocycles. The lowest BCUT2D eigenvalue weighted by atomic mass is 9.93. The zero-order valence-electron chi connectivity index (χ0n) is 15.9. The van der Waals surface area contributed by atoms with E-state index in [-0.39, 0.29) is 0 Å². The second kappa shape index (κ2) is 6.73. The Morgan fingerprint density at radius 3 is 2.89 bits per heavy atom. The average Bonchev–Trinajstić information content (AvgIpc) is 3.06. The SMILES string of the molecule is CCn1ccnc1CN(Cc1cnc2cnccn12)[C@@H]1CC12CCNCC2. The van der Waals surface area contributed by atoms with Crippen molar-refractivity contribution in [2.45, 2.75) is 51.9 Å². The van der Waals surface area contributed by atoms with Crippen molar-refractivity contribution in [3.8, 4) is 0 Å². The molecule has 0 amide bonds. The Labute approximate surface area is 159 Å². The van der Waals surface area contributed by atoms with E-state index in [1.54, 1.807) is 0 Å². The fourth-order valence-electron chi connectivity index (χ4n) is 4.76. The van der Waals surface area contributed by atoms with Crippen LogP contribution >= 0.6 is 0 Å². The number of fused-ring (bicyclic) bond motifs is 1. The van der Waals surface area contributed by atoms with Gasteiger partial charge in [-0.15, -0.1) is 0 Å². The fraction of sp³-hybridized carbons (Fsp3) is 0.550. The van der Waals surface area contributed by atoms with Gasteiger partial charge in [0.05, 0.1) is 24.6 Å². The summed E-state index contributed by atoms with van der Waals surface area (Å²) in [5.74, 6) is 1.16. The summed E-state index contributed by atoms with van der Waals surface area (Å²) in [5, 5.41) is 3.52. The van der Waals surface area contributed by atoms with Crippen LogP contribution in [0.5, 0.6) is 0 Å². The highest BCUT2D eigenvalue weighted by Crippen LogP contribution is 2.56. The highest BCUT2D eigenvalue weighted by Gasteiger charge is 2.56. The minimum Gasteiger partial charge on any atom is -0.334 e. The molecule has 7 nitrogen and oxygen atoms in total. The van der Waals surface area contributed by atoms with Crippen LogP contribution in [-0.4, -0.2) is 48.0 Å². The summed E-state index contributed by atoms with van der Waals surface area (Å²) < 4.78 is 4.41. The molecule has 1 saturated carbocycles. The van der Waals surface area contributed by atoms with Crippen LogP contribution in [0.2, 0.25) is 0 Å². The fourth-order valence-corrected chi connectivity index (χ4v) is 4.76. The minimum atomic E-state index is 0.497. The third kappa shape index (κ3) is 3.04. The first-order valence-electron chi connectivity index (χ1n) is 10.00. The topological polar surface area (TPSA) is 63.3 Å². The Bertz CT molecular complexity index is 921. The Morgan fingerprint density at radius 2 is 2.04 bits per heavy atom. The quantitative estimate of drug-likeness (QED) is 0.725. The first kappa shape index (κ1) is 16.9. The van der Waals surface area contributed by atoms with Crippen LogP contribution in [-0.2, 0) is 19.6 Å². The normalized spacial score (nSPS) is 21.3. The maximum absolute atomic E-state index is 4.64. The summed E-state index contributed by atoms with van der Waals surface area (Å²) in [4.78, 5) is 16.0. The minimum absolute atomic E-state index is 0.497. The molecule has 1 saturated heterocycles. The molecule has 142 valence electrons. The van der Waals surface area contributed by atoms with Gasteiger partial charge in [0.15, 0.2) is 5.65 Å². The molecule has 7 heteroatoms. The number of aryl methyl sites for hydroxylation is 1. The predicted octanol–water partition coefficient (Wildman–Crippen LogP) is 2.09. The van der Waals surface area contributed by atoms with E-state index in [0.717, 1.165) is 44.2 Å². The van der Waals surface area contributed by atoms with E-state index in [0.29, 0.717) is 11.5 Å². The third-order valence-electron chi connectivity index (χ3n) is 6.43. The molecule has 3 aromatic rings. The van der Waals surface area contributed by atoms with Gasteiger partial charge in [-0.05, 0) is 44.7 Å². The number of nitrogens with one attached hydrogen (secondary N) is 1. The Morgan fingerprint density at radius 1 is 1.15 bits per heavy atom. The summed E-state index contributed by atoms with van der Waals surface area (Å²) in [6.45, 7) is 7.22. The van der Waals surface area contributed by atoms with Crippen molar-refractivity contribution in [2.24, 2.45) is 5.41 Å². The molecular weight excluding hydrogens is 338 g/mol. The molecule has 0 unspecified atom stereocenters. The number of piperidine rings is 1. The average molecular weight is 365 g/mol. The molecular formula is C20H27N7. The molecule has 27 heavy (non-hydrogen) atoms. The third-order valence-corrected chi connectivity index (χ3v) is 6.43. The van der Waals surface area contributed by atoms with Gasteiger partial charge in [-0.1, -0.05) is 0 Å². The monoisotopic (exact) mass is 365 g/mol. The van der Waals surface area contributed by atoms with E-state index in [1.807, 2.05) is 31.0 Å². The highest BCUT2D eigenvalue weighted by molar-refractivity contribution is 5.37. The Hall–Kier alpha value is -2.25. The van der Waals surface area contributed by atoms with Gasteiger partial charge in [0.1, 0.15) is 5.82 Å². The number of hydrogen-bond donors (Lipinski definition) is 1. The molecule has 3 aromatic heterocycles. The van der Waals surface area contributed by atoms with Crippen LogP contribution in [0.3, 0.4) is 0 Å². The van der Waals surface area contributed by atoms with Crippen LogP contribution in [0.25, 0.3) is 5.65 Å². The van der Waals surface area contributed by atoms with E-state index in [4.69, 9.17) is 0 Å². The zero-order chi connectivity index (χ0) is 18.3. The van der Waals surface area contributed by atoms with Gasteiger partial charge in [-0.3, -0.25) is 14.3 Å². The van der Waals surface area contributed by atoms with Crippen molar-refractivity contribution in [3.05, 3.63) is 48.7 Å². The van der Waals surface area contributed by atoms with Crippen molar-refractivity contribution >= 4 is 5.65 Å². The van der Waals surface area contributed by atoms with Crippen molar-refractivity contribution in [1.82, 2.24) is 34.1 Å². The largest absolute Gasteiger partial charge is 0.334 e. The van der Waals surface area contributed by atoms with E-state index >= 15 is 0 Å². The lowest BCUT2D eigenvalue weighted by Gasteiger charge is -2.29. The zero-order valence-corrected chi connectivity index (χ0v) is 15.9. The lowest BCUT2D eigenvalue weighted by Crippen LogP contribution is -2.36. The van der Waals surface area contributed by atoms with Crippen LogP contribution in [0.15, 0.2) is 37.2 Å². The molecule has 0 bridgehead atoms. The maximum atomic E-state index is 4.64. The number of hydrogen-bond acceptors (Lipinski definition) is 5. The van der Waals surface area contributed by atoms with Crippen molar-refractivity contribution in [2.75, 3.05) is 13.1 Å². The molecule has 0 aromatic carbocycles. The summed E-state index contributed by atoms with van der Waals surface area (Å²) >= 11 is 0. The summed E-state index contributed by atoms with van der Waals surface area (Å²) in [6.07, 6.45) is 15.5.